The van der Waals surface area contributed by atoms with Crippen molar-refractivity contribution in [2.45, 2.75) is 104 Å². The lowest BCUT2D eigenvalue weighted by molar-refractivity contribution is -0.147. The van der Waals surface area contributed by atoms with Crippen LogP contribution in [0.2, 0.25) is 0 Å². The first-order chi connectivity index (χ1) is 13.7. The van der Waals surface area contributed by atoms with Gasteiger partial charge in [0.2, 0.25) is 0 Å². The summed E-state index contributed by atoms with van der Waals surface area (Å²) in [5.41, 5.74) is 0.0302. The summed E-state index contributed by atoms with van der Waals surface area (Å²) < 4.78 is 0. The van der Waals surface area contributed by atoms with E-state index in [1.54, 1.807) is 0 Å². The van der Waals surface area contributed by atoms with Crippen LogP contribution in [-0.2, 0) is 4.79 Å². The molecular formula is C26H44O3. The first kappa shape index (κ1) is 21.8. The number of carbonyl (C=O) groups is 1. The zero-order valence-electron chi connectivity index (χ0n) is 19.1. The predicted octanol–water partition coefficient (Wildman–Crippen LogP) is 5.23. The number of Topliss-reactive ketones (excluding diaryl/α,β-unsaturated/α-hetero) is 1. The van der Waals surface area contributed by atoms with Gasteiger partial charge in [-0.15, -0.1) is 0 Å². The average Bonchev–Trinajstić information content (AvgIpc) is 3.04. The minimum absolute atomic E-state index is 0.0302. The van der Waals surface area contributed by atoms with Gasteiger partial charge in [0.25, 0.3) is 0 Å². The monoisotopic (exact) mass is 404 g/mol. The zero-order chi connectivity index (χ0) is 20.9. The number of aliphatic hydroxyl groups is 2. The molecule has 0 amide bonds. The van der Waals surface area contributed by atoms with E-state index in [0.717, 1.165) is 37.5 Å². The lowest BCUT2D eigenvalue weighted by Crippen LogP contribution is -2.55. The molecule has 3 heteroatoms. The second-order valence-electron chi connectivity index (χ2n) is 11.8. The van der Waals surface area contributed by atoms with Gasteiger partial charge in [0.05, 0.1) is 12.2 Å². The van der Waals surface area contributed by atoms with E-state index in [9.17, 15) is 15.0 Å². The van der Waals surface area contributed by atoms with Crippen LogP contribution in [0.1, 0.15) is 91.9 Å². The molecule has 2 N–H and O–H groups in total. The Labute approximate surface area is 178 Å². The lowest BCUT2D eigenvalue weighted by Gasteiger charge is -2.58. The van der Waals surface area contributed by atoms with Gasteiger partial charge in [-0.25, -0.2) is 0 Å². The Morgan fingerprint density at radius 3 is 2.38 bits per heavy atom. The summed E-state index contributed by atoms with van der Waals surface area (Å²) in [5, 5.41) is 21.6. The van der Waals surface area contributed by atoms with E-state index in [4.69, 9.17) is 0 Å². The second-order valence-corrected chi connectivity index (χ2v) is 11.8. The van der Waals surface area contributed by atoms with Gasteiger partial charge in [0.1, 0.15) is 5.78 Å². The Morgan fingerprint density at radius 1 is 0.931 bits per heavy atom. The van der Waals surface area contributed by atoms with Gasteiger partial charge in [-0.2, -0.15) is 0 Å². The molecule has 4 rings (SSSR count). The summed E-state index contributed by atoms with van der Waals surface area (Å²) in [6.45, 7) is 8.74. The third-order valence-corrected chi connectivity index (χ3v) is 10.3. The average molecular weight is 405 g/mol. The van der Waals surface area contributed by atoms with E-state index in [-0.39, 0.29) is 23.5 Å². The van der Waals surface area contributed by atoms with Crippen LogP contribution in [0, 0.1) is 52.8 Å². The first-order valence-corrected chi connectivity index (χ1v) is 12.6. The molecule has 3 nitrogen and oxygen atoms in total. The van der Waals surface area contributed by atoms with Crippen molar-refractivity contribution in [2.75, 3.05) is 0 Å². The molecule has 0 radical (unpaired) electrons. The van der Waals surface area contributed by atoms with Crippen LogP contribution in [0.15, 0.2) is 0 Å². The molecule has 0 bridgehead atoms. The van der Waals surface area contributed by atoms with Gasteiger partial charge >= 0.3 is 0 Å². The standard InChI is InChI=1S/C26H44O3/c1-15(2)24(28)12-5-16(3)22-10-11-23-20-8-6-17-13-18(27)7-9-19(17)21(20)14-25(29)26(22,23)4/h15-23,25,27,29H,5-14H2,1-4H3/t16-,17-,18-,19+,20-,21-,22-,23+,25+,26-/m1/s1. The molecule has 4 aliphatic carbocycles. The number of rotatable bonds is 5. The van der Waals surface area contributed by atoms with Gasteiger partial charge in [-0.3, -0.25) is 4.79 Å². The Bertz CT molecular complexity index is 601. The van der Waals surface area contributed by atoms with Crippen molar-refractivity contribution in [2.24, 2.45) is 52.8 Å². The smallest absolute Gasteiger partial charge is 0.135 e. The van der Waals surface area contributed by atoms with Crippen molar-refractivity contribution < 1.29 is 15.0 Å². The molecular weight excluding hydrogens is 360 g/mol. The van der Waals surface area contributed by atoms with Gasteiger partial charge in [0.15, 0.2) is 0 Å². The summed E-state index contributed by atoms with van der Waals surface area (Å²) in [4.78, 5) is 12.2. The molecule has 166 valence electrons. The Balaban J connectivity index is 1.48. The van der Waals surface area contributed by atoms with Crippen molar-refractivity contribution >= 4 is 5.78 Å². The van der Waals surface area contributed by atoms with E-state index >= 15 is 0 Å². The summed E-state index contributed by atoms with van der Waals surface area (Å²) in [5.74, 6) is 5.11. The van der Waals surface area contributed by atoms with Gasteiger partial charge in [-0.05, 0) is 105 Å². The number of fused-ring (bicyclic) bond motifs is 5. The Hall–Kier alpha value is -0.410. The fourth-order valence-corrected chi connectivity index (χ4v) is 8.64. The molecule has 0 aromatic carbocycles. The maximum absolute atomic E-state index is 12.2. The Morgan fingerprint density at radius 2 is 1.66 bits per heavy atom. The fraction of sp³-hybridized carbons (Fsp3) is 0.962. The number of ketones is 1. The summed E-state index contributed by atoms with van der Waals surface area (Å²) in [6.07, 6.45) is 10.6. The maximum atomic E-state index is 12.2. The number of aliphatic hydroxyl groups excluding tert-OH is 2. The van der Waals surface area contributed by atoms with Crippen molar-refractivity contribution in [1.82, 2.24) is 0 Å². The van der Waals surface area contributed by atoms with Gasteiger partial charge in [0, 0.05) is 12.3 Å². The molecule has 0 aliphatic heterocycles. The molecule has 0 aromatic heterocycles. The summed E-state index contributed by atoms with van der Waals surface area (Å²) in [6, 6.07) is 0. The van der Waals surface area contributed by atoms with Gasteiger partial charge in [-0.1, -0.05) is 27.7 Å². The SMILES string of the molecule is CC(C)C(=O)CC[C@@H](C)[C@H]1CC[C@H]2[C@@H]3CC[C@@H]4C[C@H](O)CC[C@@H]4[C@H]3C[C@H](O)[C@]12C. The van der Waals surface area contributed by atoms with Crippen molar-refractivity contribution in [1.29, 1.82) is 0 Å². The van der Waals surface area contributed by atoms with E-state index in [1.807, 2.05) is 13.8 Å². The molecule has 4 aliphatic rings. The second kappa shape index (κ2) is 8.26. The molecule has 0 heterocycles. The van der Waals surface area contributed by atoms with Crippen LogP contribution in [-0.4, -0.2) is 28.2 Å². The van der Waals surface area contributed by atoms with Crippen molar-refractivity contribution in [3.8, 4) is 0 Å². The highest BCUT2D eigenvalue weighted by Crippen LogP contribution is 2.65. The van der Waals surface area contributed by atoms with Crippen LogP contribution < -0.4 is 0 Å². The van der Waals surface area contributed by atoms with E-state index < -0.39 is 0 Å². The number of carbonyl (C=O) groups excluding carboxylic acids is 1. The summed E-state index contributed by atoms with van der Waals surface area (Å²) in [7, 11) is 0. The molecule has 0 saturated heterocycles. The lowest BCUT2D eigenvalue weighted by atomic mass is 9.48. The van der Waals surface area contributed by atoms with E-state index in [2.05, 4.69) is 13.8 Å². The van der Waals surface area contributed by atoms with Crippen molar-refractivity contribution in [3.05, 3.63) is 0 Å². The van der Waals surface area contributed by atoms with E-state index in [0.29, 0.717) is 41.8 Å². The molecule has 0 spiro atoms. The van der Waals surface area contributed by atoms with Crippen LogP contribution in [0.5, 0.6) is 0 Å². The third-order valence-electron chi connectivity index (χ3n) is 10.3. The van der Waals surface area contributed by atoms with Crippen LogP contribution >= 0.6 is 0 Å². The molecule has 0 unspecified atom stereocenters. The van der Waals surface area contributed by atoms with Crippen LogP contribution in [0.25, 0.3) is 0 Å². The number of hydrogen-bond acceptors (Lipinski definition) is 3. The summed E-state index contributed by atoms with van der Waals surface area (Å²) >= 11 is 0. The largest absolute Gasteiger partial charge is 0.393 e. The highest BCUT2D eigenvalue weighted by molar-refractivity contribution is 5.80. The Kier molecular flexibility index (Phi) is 6.21. The normalized spacial score (nSPS) is 48.0. The minimum Gasteiger partial charge on any atom is -0.393 e. The highest BCUT2D eigenvalue weighted by atomic mass is 16.3. The zero-order valence-corrected chi connectivity index (χ0v) is 19.1. The van der Waals surface area contributed by atoms with Gasteiger partial charge < -0.3 is 10.2 Å². The molecule has 29 heavy (non-hydrogen) atoms. The molecule has 4 fully saturated rings. The topological polar surface area (TPSA) is 57.5 Å². The number of hydrogen-bond donors (Lipinski definition) is 2. The molecule has 0 aromatic rings. The van der Waals surface area contributed by atoms with E-state index in [1.165, 1.54) is 32.1 Å². The fourth-order valence-electron chi connectivity index (χ4n) is 8.64. The minimum atomic E-state index is -0.199. The predicted molar refractivity (Wildman–Crippen MR) is 116 cm³/mol. The van der Waals surface area contributed by atoms with Crippen LogP contribution in [0.3, 0.4) is 0 Å². The van der Waals surface area contributed by atoms with Crippen LogP contribution in [0.4, 0.5) is 0 Å². The highest BCUT2D eigenvalue weighted by Gasteiger charge is 2.61. The quantitative estimate of drug-likeness (QED) is 0.660. The first-order valence-electron chi connectivity index (χ1n) is 12.6. The van der Waals surface area contributed by atoms with Crippen molar-refractivity contribution in [3.63, 3.8) is 0 Å². The molecule has 10 atom stereocenters. The maximum Gasteiger partial charge on any atom is 0.135 e. The molecule has 4 saturated carbocycles. The third kappa shape index (κ3) is 3.73.